The molecular formula is C33H36NOSi+. The molecule has 1 aliphatic rings. The lowest BCUT2D eigenvalue weighted by Gasteiger charge is -2.29. The molecule has 6 rings (SSSR count). The summed E-state index contributed by atoms with van der Waals surface area (Å²) in [6, 6.07) is 20.3. The van der Waals surface area contributed by atoms with Crippen LogP contribution in [0.25, 0.3) is 43.6 Å². The molecule has 4 aromatic carbocycles. The molecule has 2 nitrogen and oxygen atoms in total. The first-order valence-electron chi connectivity index (χ1n) is 13.1. The maximum absolute atomic E-state index is 7.00. The molecule has 0 radical (unpaired) electrons. The highest BCUT2D eigenvalue weighted by molar-refractivity contribution is 6.90. The molecule has 2 heterocycles. The van der Waals surface area contributed by atoms with Gasteiger partial charge >= 0.3 is 0 Å². The van der Waals surface area contributed by atoms with Crippen molar-refractivity contribution in [2.45, 2.75) is 53.8 Å². The van der Waals surface area contributed by atoms with Crippen molar-refractivity contribution in [1.82, 2.24) is 0 Å². The Morgan fingerprint density at radius 1 is 0.861 bits per heavy atom. The number of fused-ring (bicyclic) bond motifs is 5. The topological polar surface area (TPSA) is 13.1 Å². The molecule has 182 valence electrons. The summed E-state index contributed by atoms with van der Waals surface area (Å²) in [4.78, 5) is 0. The van der Waals surface area contributed by atoms with Gasteiger partial charge in [0.05, 0.1) is 19.0 Å². The van der Waals surface area contributed by atoms with E-state index in [1.54, 1.807) is 0 Å². The molecule has 3 heteroatoms. The van der Waals surface area contributed by atoms with Crippen LogP contribution in [0.3, 0.4) is 0 Å². The monoisotopic (exact) mass is 490 g/mol. The lowest BCUT2D eigenvalue weighted by atomic mass is 9.81. The van der Waals surface area contributed by atoms with E-state index in [-0.39, 0.29) is 5.41 Å². The number of aromatic nitrogens is 1. The number of rotatable bonds is 2. The fraction of sp³-hybridized carbons (Fsp3) is 0.303. The molecule has 0 atom stereocenters. The van der Waals surface area contributed by atoms with Gasteiger partial charge in [-0.2, -0.15) is 0 Å². The first kappa shape index (κ1) is 23.2. The number of nitrogens with zero attached hydrogens (tertiary/aromatic N) is 1. The second-order valence-electron chi connectivity index (χ2n) is 12.8. The minimum absolute atomic E-state index is 0.138. The number of hydrogen-bond donors (Lipinski definition) is 0. The number of ether oxygens (including phenoxy) is 1. The van der Waals surface area contributed by atoms with E-state index >= 15 is 0 Å². The molecule has 0 fully saturated rings. The van der Waals surface area contributed by atoms with Gasteiger partial charge in [0.25, 0.3) is 0 Å². The van der Waals surface area contributed by atoms with Crippen LogP contribution in [0, 0.1) is 12.3 Å². The van der Waals surface area contributed by atoms with E-state index in [1.807, 2.05) is 0 Å². The normalized spacial score (nSPS) is 13.3. The summed E-state index contributed by atoms with van der Waals surface area (Å²) in [6.07, 6.45) is 3.20. The summed E-state index contributed by atoms with van der Waals surface area (Å²) in [5, 5.41) is 9.37. The van der Waals surface area contributed by atoms with Crippen LogP contribution in [0.1, 0.15) is 31.9 Å². The quantitative estimate of drug-likeness (QED) is 0.135. The molecule has 0 bridgehead atoms. The molecule has 0 saturated heterocycles. The average Bonchev–Trinajstić information content (AvgIpc) is 2.81. The van der Waals surface area contributed by atoms with Crippen molar-refractivity contribution in [1.29, 1.82) is 0 Å². The van der Waals surface area contributed by atoms with E-state index in [1.165, 1.54) is 59.9 Å². The zero-order valence-electron chi connectivity index (χ0n) is 22.8. The summed E-state index contributed by atoms with van der Waals surface area (Å²) in [7, 11) is 0.623. The minimum atomic E-state index is -1.56. The van der Waals surface area contributed by atoms with Crippen molar-refractivity contribution < 1.29 is 9.30 Å². The maximum Gasteiger partial charge on any atom is 0.228 e. The lowest BCUT2D eigenvalue weighted by molar-refractivity contribution is -0.659. The van der Waals surface area contributed by atoms with Gasteiger partial charge in [-0.15, -0.1) is 0 Å². The highest BCUT2D eigenvalue weighted by atomic mass is 28.3. The van der Waals surface area contributed by atoms with E-state index < -0.39 is 8.07 Å². The predicted molar refractivity (Wildman–Crippen MR) is 157 cm³/mol. The van der Waals surface area contributed by atoms with Gasteiger partial charge < -0.3 is 4.74 Å². The Morgan fingerprint density at radius 2 is 1.58 bits per heavy atom. The Bertz CT molecular complexity index is 1720. The van der Waals surface area contributed by atoms with Crippen molar-refractivity contribution in [3.8, 4) is 22.8 Å². The average molecular weight is 491 g/mol. The van der Waals surface area contributed by atoms with Gasteiger partial charge in [0, 0.05) is 17.0 Å². The van der Waals surface area contributed by atoms with Gasteiger partial charge in [0.15, 0.2) is 6.20 Å². The highest BCUT2D eigenvalue weighted by Crippen LogP contribution is 2.52. The zero-order valence-corrected chi connectivity index (χ0v) is 23.8. The fourth-order valence-electron chi connectivity index (χ4n) is 6.18. The Morgan fingerprint density at radius 3 is 2.28 bits per heavy atom. The third-order valence-corrected chi connectivity index (χ3v) is 9.75. The molecule has 36 heavy (non-hydrogen) atoms. The van der Waals surface area contributed by atoms with E-state index in [0.717, 1.165) is 17.9 Å². The van der Waals surface area contributed by atoms with E-state index in [4.69, 9.17) is 4.74 Å². The first-order chi connectivity index (χ1) is 17.0. The number of pyridine rings is 1. The molecule has 0 saturated carbocycles. The van der Waals surface area contributed by atoms with Crippen LogP contribution in [0.2, 0.25) is 19.6 Å². The summed E-state index contributed by atoms with van der Waals surface area (Å²) in [6.45, 7) is 16.5. The van der Waals surface area contributed by atoms with Gasteiger partial charge in [0.1, 0.15) is 18.5 Å². The van der Waals surface area contributed by atoms with Crippen molar-refractivity contribution in [3.63, 3.8) is 0 Å². The molecule has 0 N–H and O–H groups in total. The maximum atomic E-state index is 7.00. The second kappa shape index (κ2) is 7.66. The van der Waals surface area contributed by atoms with Crippen molar-refractivity contribution in [2.75, 3.05) is 0 Å². The summed E-state index contributed by atoms with van der Waals surface area (Å²) in [5.74, 6) is 2.02. The fourth-order valence-corrected chi connectivity index (χ4v) is 7.81. The molecular weight excluding hydrogens is 454 g/mol. The summed E-state index contributed by atoms with van der Waals surface area (Å²) >= 11 is 0. The Kier molecular flexibility index (Phi) is 4.95. The van der Waals surface area contributed by atoms with Crippen molar-refractivity contribution in [3.05, 3.63) is 71.9 Å². The van der Waals surface area contributed by atoms with Gasteiger partial charge in [-0.05, 0) is 51.9 Å². The highest BCUT2D eigenvalue weighted by Gasteiger charge is 2.35. The SMILES string of the molecule is Cc1c2c(c(CC(C)(C)C)c3ccccc13)Oc1cc3cccc([Si](C)(C)C)c3c3cc[n+](C)c-2c13. The zero-order chi connectivity index (χ0) is 25.6. The molecule has 1 aliphatic heterocycles. The van der Waals surface area contributed by atoms with Crippen LogP contribution in [0.4, 0.5) is 0 Å². The Labute approximate surface area is 215 Å². The largest absolute Gasteiger partial charge is 0.455 e. The van der Waals surface area contributed by atoms with Gasteiger partial charge in [-0.1, -0.05) is 88.1 Å². The third-order valence-electron chi connectivity index (χ3n) is 7.72. The molecule has 0 unspecified atom stereocenters. The van der Waals surface area contributed by atoms with Crippen LogP contribution in [-0.4, -0.2) is 8.07 Å². The van der Waals surface area contributed by atoms with E-state index in [2.05, 4.69) is 120 Å². The third kappa shape index (κ3) is 3.40. The molecule has 1 aromatic heterocycles. The molecule has 0 spiro atoms. The minimum Gasteiger partial charge on any atom is -0.455 e. The van der Waals surface area contributed by atoms with E-state index in [0.29, 0.717) is 0 Å². The van der Waals surface area contributed by atoms with E-state index in [9.17, 15) is 0 Å². The second-order valence-corrected chi connectivity index (χ2v) is 17.8. The first-order valence-corrected chi connectivity index (χ1v) is 16.6. The van der Waals surface area contributed by atoms with Gasteiger partial charge in [0.2, 0.25) is 5.69 Å². The van der Waals surface area contributed by atoms with Crippen molar-refractivity contribution in [2.24, 2.45) is 12.5 Å². The van der Waals surface area contributed by atoms with Crippen LogP contribution < -0.4 is 14.5 Å². The number of hydrogen-bond acceptors (Lipinski definition) is 1. The Balaban J connectivity index is 1.82. The number of benzene rings is 4. The van der Waals surface area contributed by atoms with Crippen LogP contribution in [0.15, 0.2) is 60.8 Å². The smallest absolute Gasteiger partial charge is 0.228 e. The molecule has 5 aromatic rings. The Hall–Kier alpha value is -3.17. The summed E-state index contributed by atoms with van der Waals surface area (Å²) < 4.78 is 9.31. The van der Waals surface area contributed by atoms with Crippen molar-refractivity contribution >= 4 is 45.6 Å². The molecule has 0 aliphatic carbocycles. The van der Waals surface area contributed by atoms with Gasteiger partial charge in [-0.3, -0.25) is 0 Å². The van der Waals surface area contributed by atoms with Crippen LogP contribution in [0.5, 0.6) is 11.5 Å². The lowest BCUT2D eigenvalue weighted by Crippen LogP contribution is -2.38. The number of aryl methyl sites for hydroxylation is 2. The van der Waals surface area contributed by atoms with Gasteiger partial charge in [-0.25, -0.2) is 4.57 Å². The molecule has 0 amide bonds. The summed E-state index contributed by atoms with van der Waals surface area (Å²) in [5.41, 5.74) is 5.27. The standard InChI is InChI=1S/C33H36NOSi/c1-20-22-13-9-10-14-23(22)25(19-33(2,3)4)32-28(20)31-30-24(16-17-34(31)5)29-21(18-26(30)35-32)12-11-15-27(29)36(6,7)8/h9-18H,19H2,1-8H3/q+1. The van der Waals surface area contributed by atoms with Crippen LogP contribution in [-0.2, 0) is 13.5 Å². The van der Waals surface area contributed by atoms with Crippen LogP contribution >= 0.6 is 0 Å². The predicted octanol–water partition coefficient (Wildman–Crippen LogP) is 8.19.